The molecule has 8 aromatic carbocycles. The largest absolute Gasteiger partial charge is 0.329 e. The molecule has 12 rings (SSSR count). The lowest BCUT2D eigenvalue weighted by molar-refractivity contribution is 0.955. The maximum Gasteiger partial charge on any atom is 0.0782 e. The van der Waals surface area contributed by atoms with Gasteiger partial charge >= 0.3 is 0 Å². The molecule has 0 bridgehead atoms. The van der Waals surface area contributed by atoms with Gasteiger partial charge in [0.1, 0.15) is 0 Å². The number of allylic oxidation sites excluding steroid dienone is 1. The number of hydrogen-bond donors (Lipinski definition) is 0. The molecule has 10 aromatic rings. The lowest BCUT2D eigenvalue weighted by atomic mass is 9.78. The molecule has 0 fully saturated rings. The van der Waals surface area contributed by atoms with Gasteiger partial charge in [-0.2, -0.15) is 0 Å². The first-order valence-corrected chi connectivity index (χ1v) is 21.7. The Morgan fingerprint density at radius 2 is 1.10 bits per heavy atom. The van der Waals surface area contributed by atoms with E-state index < -0.39 is 0 Å². The molecule has 2 heterocycles. The Labute approximate surface area is 345 Å². The monoisotopic (exact) mass is 778 g/mol. The van der Waals surface area contributed by atoms with E-state index in [0.29, 0.717) is 0 Å². The van der Waals surface area contributed by atoms with Gasteiger partial charge in [0.25, 0.3) is 0 Å². The van der Waals surface area contributed by atoms with Crippen molar-refractivity contribution in [2.45, 2.75) is 26.3 Å². The van der Waals surface area contributed by atoms with Crippen LogP contribution in [0, 0.1) is 13.8 Å². The third-order valence-electron chi connectivity index (χ3n) is 12.3. The van der Waals surface area contributed by atoms with Crippen LogP contribution in [0.1, 0.15) is 27.8 Å². The lowest BCUT2D eigenvalue weighted by Gasteiger charge is -2.38. The second-order valence-corrected chi connectivity index (χ2v) is 17.8. The van der Waals surface area contributed by atoms with Crippen LogP contribution in [-0.2, 0) is 6.42 Å². The topological polar surface area (TPSA) is 6.48 Å². The van der Waals surface area contributed by atoms with Crippen LogP contribution in [0.25, 0.3) is 62.8 Å². The van der Waals surface area contributed by atoms with E-state index in [1.807, 2.05) is 22.7 Å². The number of thiophene rings is 2. The SMILES string of the molecule is Cc1ccc(N(c2ccc3c4c5c(ccc24)C=CC(N(c2ccc(C)cc2)c2cccc4c2sc2ccccc24)C5=CC3)c2cccc3c2sc2ccccc23)cc1. The summed E-state index contributed by atoms with van der Waals surface area (Å²) in [7, 11) is 0. The van der Waals surface area contributed by atoms with Gasteiger partial charge in [-0.05, 0) is 103 Å². The molecule has 0 saturated heterocycles. The third-order valence-corrected chi connectivity index (χ3v) is 14.7. The molecular weight excluding hydrogens is 741 g/mol. The summed E-state index contributed by atoms with van der Waals surface area (Å²) in [6.45, 7) is 4.34. The fraction of sp³-hybridized carbons (Fsp3) is 0.0741. The Balaban J connectivity index is 1.07. The predicted octanol–water partition coefficient (Wildman–Crippen LogP) is 15.8. The number of nitrogens with zero attached hydrogens (tertiary/aromatic N) is 2. The van der Waals surface area contributed by atoms with E-state index in [-0.39, 0.29) is 6.04 Å². The van der Waals surface area contributed by atoms with E-state index in [0.717, 1.165) is 12.1 Å². The van der Waals surface area contributed by atoms with Gasteiger partial charge in [-0.1, -0.05) is 132 Å². The average molecular weight is 779 g/mol. The van der Waals surface area contributed by atoms with Crippen molar-refractivity contribution in [2.75, 3.05) is 9.80 Å². The van der Waals surface area contributed by atoms with Crippen molar-refractivity contribution in [1.82, 2.24) is 0 Å². The van der Waals surface area contributed by atoms with Crippen LogP contribution >= 0.6 is 22.7 Å². The molecule has 0 radical (unpaired) electrons. The van der Waals surface area contributed by atoms with Crippen LogP contribution in [0.4, 0.5) is 28.4 Å². The van der Waals surface area contributed by atoms with Crippen molar-refractivity contribution in [3.8, 4) is 0 Å². The van der Waals surface area contributed by atoms with E-state index in [2.05, 4.69) is 200 Å². The number of aryl methyl sites for hydroxylation is 2. The average Bonchev–Trinajstić information content (AvgIpc) is 3.85. The predicted molar refractivity (Wildman–Crippen MR) is 253 cm³/mol. The van der Waals surface area contributed by atoms with Crippen LogP contribution in [-0.4, -0.2) is 6.04 Å². The highest BCUT2D eigenvalue weighted by Crippen LogP contribution is 2.51. The summed E-state index contributed by atoms with van der Waals surface area (Å²) in [6.07, 6.45) is 8.20. The van der Waals surface area contributed by atoms with Gasteiger partial charge in [-0.15, -0.1) is 22.7 Å². The Morgan fingerprint density at radius 1 is 0.500 bits per heavy atom. The molecule has 58 heavy (non-hydrogen) atoms. The smallest absolute Gasteiger partial charge is 0.0782 e. The van der Waals surface area contributed by atoms with Crippen LogP contribution < -0.4 is 9.80 Å². The molecule has 0 amide bonds. The molecular formula is C54H38N2S2. The van der Waals surface area contributed by atoms with Crippen LogP contribution in [0.15, 0.2) is 170 Å². The van der Waals surface area contributed by atoms with Gasteiger partial charge in [0, 0.05) is 47.7 Å². The third kappa shape index (κ3) is 5.08. The zero-order valence-electron chi connectivity index (χ0n) is 32.2. The molecule has 2 nitrogen and oxygen atoms in total. The standard InChI is InChI=1S/C54H38N2S2/c1-33-17-25-37(26-18-33)55(47-13-7-11-41-39-9-3-5-15-49(39)57-53(41)47)45-31-23-35-22-30-44-46(32-24-36-21-29-43(45)51(35)52(36)44)56(38-27-19-34(2)20-28-38)48-14-8-12-42-40-10-4-6-16-50(40)58-54(42)48/h3-21,23-32,46H,22H2,1-2H3. The molecule has 4 heteroatoms. The van der Waals surface area contributed by atoms with Crippen molar-refractivity contribution < 1.29 is 0 Å². The normalized spacial score (nSPS) is 14.5. The van der Waals surface area contributed by atoms with Gasteiger partial charge in [0.2, 0.25) is 0 Å². The van der Waals surface area contributed by atoms with Gasteiger partial charge in [-0.3, -0.25) is 0 Å². The quantitative estimate of drug-likeness (QED) is 0.166. The summed E-state index contributed by atoms with van der Waals surface area (Å²) < 4.78 is 5.27. The van der Waals surface area contributed by atoms with E-state index >= 15 is 0 Å². The number of rotatable bonds is 6. The summed E-state index contributed by atoms with van der Waals surface area (Å²) in [5.74, 6) is 0. The minimum absolute atomic E-state index is 0.00826. The second-order valence-electron chi connectivity index (χ2n) is 15.7. The van der Waals surface area contributed by atoms with Gasteiger partial charge in [-0.25, -0.2) is 0 Å². The first-order valence-electron chi connectivity index (χ1n) is 20.1. The van der Waals surface area contributed by atoms with Crippen LogP contribution in [0.3, 0.4) is 0 Å². The van der Waals surface area contributed by atoms with Crippen molar-refractivity contribution in [1.29, 1.82) is 0 Å². The molecule has 276 valence electrons. The molecule has 1 unspecified atom stereocenters. The van der Waals surface area contributed by atoms with Gasteiger partial charge in [0.05, 0.1) is 32.5 Å². The Morgan fingerprint density at radius 3 is 1.79 bits per heavy atom. The maximum atomic E-state index is 2.59. The van der Waals surface area contributed by atoms with E-state index in [1.165, 1.54) is 107 Å². The second kappa shape index (κ2) is 13.0. The summed E-state index contributed by atoms with van der Waals surface area (Å²) in [5.41, 5.74) is 13.9. The first kappa shape index (κ1) is 33.7. The van der Waals surface area contributed by atoms with Crippen molar-refractivity contribution in [3.05, 3.63) is 198 Å². The van der Waals surface area contributed by atoms with Crippen molar-refractivity contribution in [2.24, 2.45) is 0 Å². The Hall–Kier alpha value is -6.46. The number of benzene rings is 8. The first-order chi connectivity index (χ1) is 28.6. The lowest BCUT2D eigenvalue weighted by Crippen LogP contribution is -2.33. The van der Waals surface area contributed by atoms with E-state index in [4.69, 9.17) is 0 Å². The molecule has 0 N–H and O–H groups in total. The van der Waals surface area contributed by atoms with Crippen LogP contribution in [0.5, 0.6) is 0 Å². The van der Waals surface area contributed by atoms with Crippen molar-refractivity contribution >= 4 is 114 Å². The maximum absolute atomic E-state index is 2.59. The summed E-state index contributed by atoms with van der Waals surface area (Å²) in [5, 5.41) is 7.90. The van der Waals surface area contributed by atoms with E-state index in [9.17, 15) is 0 Å². The molecule has 2 aliphatic rings. The van der Waals surface area contributed by atoms with E-state index in [1.54, 1.807) is 0 Å². The summed E-state index contributed by atoms with van der Waals surface area (Å²) in [6, 6.07) is 59.0. The molecule has 2 aliphatic carbocycles. The van der Waals surface area contributed by atoms with Gasteiger partial charge < -0.3 is 9.80 Å². The highest BCUT2D eigenvalue weighted by molar-refractivity contribution is 7.26. The fourth-order valence-corrected chi connectivity index (χ4v) is 12.0. The molecule has 2 aromatic heterocycles. The summed E-state index contributed by atoms with van der Waals surface area (Å²) >= 11 is 3.79. The molecule has 1 atom stereocenters. The zero-order valence-corrected chi connectivity index (χ0v) is 33.9. The minimum atomic E-state index is 0.00826. The fourth-order valence-electron chi connectivity index (χ4n) is 9.53. The molecule has 0 spiro atoms. The zero-order chi connectivity index (χ0) is 38.5. The number of hydrogen-bond acceptors (Lipinski definition) is 4. The molecule has 0 saturated carbocycles. The number of fused-ring (bicyclic) bond motifs is 6. The highest BCUT2D eigenvalue weighted by Gasteiger charge is 2.33. The highest BCUT2D eigenvalue weighted by atomic mass is 32.1. The van der Waals surface area contributed by atoms with Gasteiger partial charge in [0.15, 0.2) is 0 Å². The summed E-state index contributed by atoms with van der Waals surface area (Å²) in [4.78, 5) is 5.11. The molecule has 0 aliphatic heterocycles. The minimum Gasteiger partial charge on any atom is -0.329 e. The Kier molecular flexibility index (Phi) is 7.57. The van der Waals surface area contributed by atoms with Crippen LogP contribution in [0.2, 0.25) is 0 Å². The van der Waals surface area contributed by atoms with Crippen molar-refractivity contribution in [3.63, 3.8) is 0 Å². The Bertz CT molecular complexity index is 3340. The number of anilines is 5.